The highest BCUT2D eigenvalue weighted by molar-refractivity contribution is 7.98. The summed E-state index contributed by atoms with van der Waals surface area (Å²) in [6.07, 6.45) is 3.20. The highest BCUT2D eigenvalue weighted by Gasteiger charge is 2.23. The van der Waals surface area contributed by atoms with Gasteiger partial charge in [0, 0.05) is 36.9 Å². The Balaban J connectivity index is 1.78. The first-order chi connectivity index (χ1) is 10.7. The number of nitrogens with zero attached hydrogens (tertiary/aromatic N) is 2. The molecule has 118 valence electrons. The van der Waals surface area contributed by atoms with E-state index >= 15 is 0 Å². The molecular formula is C17H23N3OS. The van der Waals surface area contributed by atoms with Gasteiger partial charge < -0.3 is 9.72 Å². The summed E-state index contributed by atoms with van der Waals surface area (Å²) in [5.74, 6) is 3.01. The Morgan fingerprint density at radius 1 is 1.36 bits per heavy atom. The molecule has 0 fully saturated rings. The number of ether oxygens (including phenoxy) is 1. The maximum atomic E-state index is 5.21. The third-order valence-corrected chi connectivity index (χ3v) is 5.07. The van der Waals surface area contributed by atoms with Crippen LogP contribution in [0.3, 0.4) is 0 Å². The Hall–Kier alpha value is -1.46. The molecule has 0 saturated heterocycles. The number of methoxy groups -OCH3 is 1. The number of imidazole rings is 1. The first-order valence-electron chi connectivity index (χ1n) is 7.66. The van der Waals surface area contributed by atoms with Gasteiger partial charge in [-0.3, -0.25) is 4.90 Å². The average Bonchev–Trinajstić information content (AvgIpc) is 2.98. The molecule has 0 saturated carbocycles. The lowest BCUT2D eigenvalue weighted by atomic mass is 10.1. The summed E-state index contributed by atoms with van der Waals surface area (Å²) in [6, 6.07) is 8.66. The van der Waals surface area contributed by atoms with Crippen molar-refractivity contribution in [3.63, 3.8) is 0 Å². The Kier molecular flexibility index (Phi) is 4.74. The van der Waals surface area contributed by atoms with E-state index in [1.807, 2.05) is 23.9 Å². The fourth-order valence-corrected chi connectivity index (χ4v) is 3.62. The number of hydrogen-bond donors (Lipinski definition) is 1. The number of benzene rings is 1. The average molecular weight is 317 g/mol. The fourth-order valence-electron chi connectivity index (χ4n) is 2.92. The van der Waals surface area contributed by atoms with Crippen LogP contribution in [0.5, 0.6) is 5.75 Å². The van der Waals surface area contributed by atoms with Crippen LogP contribution in [0.1, 0.15) is 18.3 Å². The molecule has 0 radical (unpaired) electrons. The van der Waals surface area contributed by atoms with Crippen LogP contribution in [-0.2, 0) is 13.0 Å². The van der Waals surface area contributed by atoms with Crippen molar-refractivity contribution >= 4 is 11.8 Å². The van der Waals surface area contributed by atoms with Crippen molar-refractivity contribution in [2.75, 3.05) is 25.7 Å². The van der Waals surface area contributed by atoms with E-state index in [-0.39, 0.29) is 0 Å². The molecule has 1 aromatic carbocycles. The second-order valence-electron chi connectivity index (χ2n) is 5.76. The van der Waals surface area contributed by atoms with Crippen molar-refractivity contribution in [1.29, 1.82) is 0 Å². The molecule has 1 unspecified atom stereocenters. The predicted molar refractivity (Wildman–Crippen MR) is 92.5 cm³/mol. The van der Waals surface area contributed by atoms with Crippen LogP contribution in [0.25, 0.3) is 11.4 Å². The standard InChI is InChI=1S/C17H23N3OS/c1-12(11-22-3)20-9-8-15-16(10-20)19-17(18-15)13-4-6-14(21-2)7-5-13/h4-7,12H,8-11H2,1-3H3,(H,18,19). The van der Waals surface area contributed by atoms with Gasteiger partial charge in [-0.25, -0.2) is 4.98 Å². The minimum absolute atomic E-state index is 0.607. The third kappa shape index (κ3) is 3.15. The smallest absolute Gasteiger partial charge is 0.137 e. The Morgan fingerprint density at radius 2 is 2.14 bits per heavy atom. The molecule has 5 heteroatoms. The molecule has 22 heavy (non-hydrogen) atoms. The van der Waals surface area contributed by atoms with Crippen molar-refractivity contribution in [2.45, 2.75) is 25.9 Å². The van der Waals surface area contributed by atoms with Crippen LogP contribution in [0.15, 0.2) is 24.3 Å². The van der Waals surface area contributed by atoms with E-state index in [4.69, 9.17) is 9.72 Å². The largest absolute Gasteiger partial charge is 0.497 e. The molecule has 1 aromatic heterocycles. The molecule has 0 spiro atoms. The Bertz CT molecular complexity index is 623. The number of thioether (sulfide) groups is 1. The van der Waals surface area contributed by atoms with E-state index in [0.717, 1.165) is 36.6 Å². The number of fused-ring (bicyclic) bond motifs is 1. The van der Waals surface area contributed by atoms with Crippen molar-refractivity contribution in [3.8, 4) is 17.1 Å². The van der Waals surface area contributed by atoms with Gasteiger partial charge in [-0.2, -0.15) is 11.8 Å². The SMILES string of the molecule is COc1ccc(-c2nc3c([nH]2)CN(C(C)CSC)CC3)cc1. The maximum absolute atomic E-state index is 5.21. The summed E-state index contributed by atoms with van der Waals surface area (Å²) in [5, 5.41) is 0. The highest BCUT2D eigenvalue weighted by Crippen LogP contribution is 2.25. The number of rotatable bonds is 5. The lowest BCUT2D eigenvalue weighted by Gasteiger charge is -2.31. The molecule has 2 heterocycles. The number of aromatic nitrogens is 2. The van der Waals surface area contributed by atoms with Crippen LogP contribution in [-0.4, -0.2) is 46.6 Å². The molecule has 1 N–H and O–H groups in total. The van der Waals surface area contributed by atoms with Gasteiger partial charge in [-0.1, -0.05) is 0 Å². The minimum atomic E-state index is 0.607. The van der Waals surface area contributed by atoms with E-state index in [1.165, 1.54) is 17.1 Å². The molecule has 1 aliphatic heterocycles. The summed E-state index contributed by atoms with van der Waals surface area (Å²) in [6.45, 7) is 4.38. The van der Waals surface area contributed by atoms with Gasteiger partial charge in [0.15, 0.2) is 0 Å². The zero-order valence-corrected chi connectivity index (χ0v) is 14.2. The quantitative estimate of drug-likeness (QED) is 0.919. The summed E-state index contributed by atoms with van der Waals surface area (Å²) in [5.41, 5.74) is 3.60. The van der Waals surface area contributed by atoms with E-state index in [2.05, 4.69) is 35.2 Å². The van der Waals surface area contributed by atoms with Crippen molar-refractivity contribution < 1.29 is 4.74 Å². The van der Waals surface area contributed by atoms with Gasteiger partial charge >= 0.3 is 0 Å². The first kappa shape index (κ1) is 15.4. The van der Waals surface area contributed by atoms with E-state index in [1.54, 1.807) is 7.11 Å². The summed E-state index contributed by atoms with van der Waals surface area (Å²) in [7, 11) is 1.69. The maximum Gasteiger partial charge on any atom is 0.137 e. The molecule has 0 bridgehead atoms. The highest BCUT2D eigenvalue weighted by atomic mass is 32.2. The van der Waals surface area contributed by atoms with Crippen LogP contribution in [0.2, 0.25) is 0 Å². The number of nitrogens with one attached hydrogen (secondary N) is 1. The topological polar surface area (TPSA) is 41.1 Å². The van der Waals surface area contributed by atoms with Crippen molar-refractivity contribution in [2.24, 2.45) is 0 Å². The zero-order valence-electron chi connectivity index (χ0n) is 13.4. The van der Waals surface area contributed by atoms with Gasteiger partial charge in [0.1, 0.15) is 11.6 Å². The monoisotopic (exact) mass is 317 g/mol. The number of hydrogen-bond acceptors (Lipinski definition) is 4. The molecule has 0 amide bonds. The predicted octanol–water partition coefficient (Wildman–Crippen LogP) is 3.19. The van der Waals surface area contributed by atoms with E-state index < -0.39 is 0 Å². The molecular weight excluding hydrogens is 294 g/mol. The summed E-state index contributed by atoms with van der Waals surface area (Å²) < 4.78 is 5.21. The second-order valence-corrected chi connectivity index (χ2v) is 6.67. The lowest BCUT2D eigenvalue weighted by Crippen LogP contribution is -2.38. The zero-order chi connectivity index (χ0) is 15.5. The van der Waals surface area contributed by atoms with Crippen LogP contribution < -0.4 is 4.74 Å². The Labute approximate surface area is 136 Å². The fraction of sp³-hybridized carbons (Fsp3) is 0.471. The third-order valence-electron chi connectivity index (χ3n) is 4.26. The van der Waals surface area contributed by atoms with E-state index in [0.29, 0.717) is 6.04 Å². The van der Waals surface area contributed by atoms with Crippen LogP contribution in [0.4, 0.5) is 0 Å². The van der Waals surface area contributed by atoms with E-state index in [9.17, 15) is 0 Å². The van der Waals surface area contributed by atoms with Crippen molar-refractivity contribution in [1.82, 2.24) is 14.9 Å². The summed E-state index contributed by atoms with van der Waals surface area (Å²) in [4.78, 5) is 10.8. The molecule has 4 nitrogen and oxygen atoms in total. The van der Waals surface area contributed by atoms with Gasteiger partial charge in [0.25, 0.3) is 0 Å². The molecule has 1 aliphatic rings. The van der Waals surface area contributed by atoms with Crippen LogP contribution >= 0.6 is 11.8 Å². The van der Waals surface area contributed by atoms with Crippen LogP contribution in [0, 0.1) is 0 Å². The normalized spacial score (nSPS) is 16.3. The first-order valence-corrected chi connectivity index (χ1v) is 9.06. The lowest BCUT2D eigenvalue weighted by molar-refractivity contribution is 0.203. The van der Waals surface area contributed by atoms with Gasteiger partial charge in [-0.15, -0.1) is 0 Å². The minimum Gasteiger partial charge on any atom is -0.497 e. The van der Waals surface area contributed by atoms with Crippen molar-refractivity contribution in [3.05, 3.63) is 35.7 Å². The Morgan fingerprint density at radius 3 is 2.82 bits per heavy atom. The molecule has 3 rings (SSSR count). The number of aromatic amines is 1. The molecule has 0 aliphatic carbocycles. The molecule has 1 atom stereocenters. The summed E-state index contributed by atoms with van der Waals surface area (Å²) >= 11 is 1.91. The molecule has 2 aromatic rings. The number of H-pyrrole nitrogens is 1. The second kappa shape index (κ2) is 6.75. The van der Waals surface area contributed by atoms with Gasteiger partial charge in [0.2, 0.25) is 0 Å². The van der Waals surface area contributed by atoms with Gasteiger partial charge in [-0.05, 0) is 37.4 Å². The van der Waals surface area contributed by atoms with Gasteiger partial charge in [0.05, 0.1) is 18.5 Å².